The van der Waals surface area contributed by atoms with Crippen molar-refractivity contribution in [3.8, 4) is 0 Å². The third kappa shape index (κ3) is 3.50. The summed E-state index contributed by atoms with van der Waals surface area (Å²) in [6, 6.07) is 0. The zero-order valence-electron chi connectivity index (χ0n) is 14.1. The first kappa shape index (κ1) is 16.7. The first-order valence-electron chi connectivity index (χ1n) is 8.27. The molecule has 2 saturated heterocycles. The number of likely N-dealkylation sites (N-methyl/N-ethyl adjacent to an activating group) is 1. The molecule has 9 heteroatoms. The minimum atomic E-state index is -0.440. The largest absolute Gasteiger partial charge is 0.441 e. The van der Waals surface area contributed by atoms with Gasteiger partial charge in [0, 0.05) is 26.3 Å². The van der Waals surface area contributed by atoms with Crippen molar-refractivity contribution in [3.63, 3.8) is 0 Å². The van der Waals surface area contributed by atoms with Crippen LogP contribution in [0.5, 0.6) is 0 Å². The van der Waals surface area contributed by atoms with Gasteiger partial charge in [0.25, 0.3) is 0 Å². The van der Waals surface area contributed by atoms with Crippen molar-refractivity contribution in [1.82, 2.24) is 25.3 Å². The highest BCUT2D eigenvalue weighted by Crippen LogP contribution is 2.30. The molecule has 1 spiro atoms. The van der Waals surface area contributed by atoms with Gasteiger partial charge >= 0.3 is 6.09 Å². The summed E-state index contributed by atoms with van der Waals surface area (Å²) in [6.45, 7) is 6.49. The maximum atomic E-state index is 12.5. The molecule has 2 amide bonds. The van der Waals surface area contributed by atoms with E-state index in [0.29, 0.717) is 24.8 Å². The maximum absolute atomic E-state index is 12.5. The zero-order valence-corrected chi connectivity index (χ0v) is 14.1. The highest BCUT2D eigenvalue weighted by molar-refractivity contribution is 5.83. The number of piperidine rings is 1. The van der Waals surface area contributed by atoms with E-state index in [0.717, 1.165) is 25.9 Å². The highest BCUT2D eigenvalue weighted by atomic mass is 16.6. The predicted molar refractivity (Wildman–Crippen MR) is 83.0 cm³/mol. The fourth-order valence-electron chi connectivity index (χ4n) is 3.17. The Hall–Kier alpha value is -2.16. The molecule has 0 aromatic carbocycles. The molecule has 2 aliphatic rings. The van der Waals surface area contributed by atoms with Crippen LogP contribution in [0.4, 0.5) is 4.79 Å². The van der Waals surface area contributed by atoms with Gasteiger partial charge in [-0.05, 0) is 20.0 Å². The van der Waals surface area contributed by atoms with Gasteiger partial charge in [-0.15, -0.1) is 0 Å². The predicted octanol–water partition coefficient (Wildman–Crippen LogP) is 0.301. The minimum absolute atomic E-state index is 0.0126. The molecule has 0 atom stereocenters. The molecule has 0 unspecified atom stereocenters. The standard InChI is InChI=1S/C15H23N5O4/c1-3-19(8-12-17-11(2)24-18-12)13(21)9-20-10-15(23-14(20)22)4-6-16-7-5-15/h16H,3-10H2,1-2H3. The zero-order chi connectivity index (χ0) is 17.2. The summed E-state index contributed by atoms with van der Waals surface area (Å²) in [4.78, 5) is 31.9. The van der Waals surface area contributed by atoms with E-state index in [-0.39, 0.29) is 19.0 Å². The monoisotopic (exact) mass is 337 g/mol. The van der Waals surface area contributed by atoms with Gasteiger partial charge in [0.15, 0.2) is 5.82 Å². The molecule has 0 aliphatic carbocycles. The van der Waals surface area contributed by atoms with Crippen molar-refractivity contribution in [3.05, 3.63) is 11.7 Å². The average Bonchev–Trinajstić information content (AvgIpc) is 3.09. The Morgan fingerprint density at radius 2 is 2.17 bits per heavy atom. The molecule has 132 valence electrons. The lowest BCUT2D eigenvalue weighted by Gasteiger charge is -2.31. The van der Waals surface area contributed by atoms with E-state index in [1.54, 1.807) is 11.8 Å². The Kier molecular flexibility index (Phi) is 4.70. The number of nitrogens with one attached hydrogen (secondary N) is 1. The number of aromatic nitrogens is 2. The fraction of sp³-hybridized carbons (Fsp3) is 0.733. The summed E-state index contributed by atoms with van der Waals surface area (Å²) in [7, 11) is 0. The average molecular weight is 337 g/mol. The van der Waals surface area contributed by atoms with Gasteiger partial charge < -0.3 is 19.5 Å². The summed E-state index contributed by atoms with van der Waals surface area (Å²) in [5, 5.41) is 7.06. The number of hydrogen-bond donors (Lipinski definition) is 1. The van der Waals surface area contributed by atoms with Crippen LogP contribution in [-0.4, -0.2) is 70.3 Å². The van der Waals surface area contributed by atoms with Crippen LogP contribution in [0.15, 0.2) is 4.52 Å². The Balaban J connectivity index is 1.59. The number of aryl methyl sites for hydroxylation is 1. The second-order valence-corrected chi connectivity index (χ2v) is 6.29. The van der Waals surface area contributed by atoms with Crippen molar-refractivity contribution < 1.29 is 18.8 Å². The molecule has 0 bridgehead atoms. The molecular formula is C15H23N5O4. The fourth-order valence-corrected chi connectivity index (χ4v) is 3.17. The van der Waals surface area contributed by atoms with Gasteiger partial charge in [0.2, 0.25) is 11.8 Å². The normalized spacial score (nSPS) is 19.6. The first-order chi connectivity index (χ1) is 11.5. The molecule has 3 rings (SSSR count). The van der Waals surface area contributed by atoms with Crippen molar-refractivity contribution in [2.75, 3.05) is 32.7 Å². The van der Waals surface area contributed by atoms with Crippen LogP contribution in [0.25, 0.3) is 0 Å². The van der Waals surface area contributed by atoms with E-state index >= 15 is 0 Å². The van der Waals surface area contributed by atoms with E-state index in [1.165, 1.54) is 4.90 Å². The van der Waals surface area contributed by atoms with Crippen LogP contribution >= 0.6 is 0 Å². The molecule has 0 radical (unpaired) electrons. The molecule has 1 aromatic heterocycles. The molecule has 0 saturated carbocycles. The minimum Gasteiger partial charge on any atom is -0.441 e. The molecule has 2 fully saturated rings. The lowest BCUT2D eigenvalue weighted by Crippen LogP contribution is -2.46. The molecule has 1 N–H and O–H groups in total. The number of carbonyl (C=O) groups is 2. The van der Waals surface area contributed by atoms with Crippen molar-refractivity contribution in [2.45, 2.75) is 38.8 Å². The molecule has 24 heavy (non-hydrogen) atoms. The van der Waals surface area contributed by atoms with Crippen LogP contribution in [-0.2, 0) is 16.1 Å². The van der Waals surface area contributed by atoms with Gasteiger partial charge in [-0.3, -0.25) is 9.69 Å². The number of hydrogen-bond acceptors (Lipinski definition) is 7. The Bertz CT molecular complexity index is 611. The third-order valence-corrected chi connectivity index (χ3v) is 4.52. The summed E-state index contributed by atoms with van der Waals surface area (Å²) in [6.07, 6.45) is 1.16. The third-order valence-electron chi connectivity index (χ3n) is 4.52. The lowest BCUT2D eigenvalue weighted by atomic mass is 9.92. The van der Waals surface area contributed by atoms with Crippen LogP contribution in [0, 0.1) is 6.92 Å². The number of amides is 2. The van der Waals surface area contributed by atoms with Crippen LogP contribution in [0.1, 0.15) is 31.5 Å². The Morgan fingerprint density at radius 3 is 2.79 bits per heavy atom. The van der Waals surface area contributed by atoms with Gasteiger partial charge in [0.05, 0.1) is 13.1 Å². The second-order valence-electron chi connectivity index (χ2n) is 6.29. The van der Waals surface area contributed by atoms with Gasteiger partial charge in [-0.1, -0.05) is 5.16 Å². The SMILES string of the molecule is CCN(Cc1noc(C)n1)C(=O)CN1CC2(CCNCC2)OC1=O. The van der Waals surface area contributed by atoms with Crippen LogP contribution in [0.3, 0.4) is 0 Å². The highest BCUT2D eigenvalue weighted by Gasteiger charge is 2.46. The van der Waals surface area contributed by atoms with Crippen molar-refractivity contribution in [1.29, 1.82) is 0 Å². The second kappa shape index (κ2) is 6.76. The number of rotatable bonds is 5. The molecule has 3 heterocycles. The van der Waals surface area contributed by atoms with E-state index in [4.69, 9.17) is 9.26 Å². The molecule has 1 aromatic rings. The van der Waals surface area contributed by atoms with Gasteiger partial charge in [0.1, 0.15) is 12.1 Å². The quantitative estimate of drug-likeness (QED) is 0.824. The van der Waals surface area contributed by atoms with Crippen LogP contribution < -0.4 is 5.32 Å². The number of carbonyl (C=O) groups excluding carboxylic acids is 2. The first-order valence-corrected chi connectivity index (χ1v) is 8.27. The van der Waals surface area contributed by atoms with Crippen LogP contribution in [0.2, 0.25) is 0 Å². The van der Waals surface area contributed by atoms with Crippen molar-refractivity contribution in [2.24, 2.45) is 0 Å². The molecule has 2 aliphatic heterocycles. The number of nitrogens with zero attached hydrogens (tertiary/aromatic N) is 4. The summed E-state index contributed by atoms with van der Waals surface area (Å²) < 4.78 is 10.5. The Labute approximate surface area is 140 Å². The van der Waals surface area contributed by atoms with Gasteiger partial charge in [-0.25, -0.2) is 4.79 Å². The van der Waals surface area contributed by atoms with E-state index in [9.17, 15) is 9.59 Å². The number of ether oxygens (including phenoxy) is 1. The molecular weight excluding hydrogens is 314 g/mol. The van der Waals surface area contributed by atoms with Crippen molar-refractivity contribution >= 4 is 12.0 Å². The maximum Gasteiger partial charge on any atom is 0.410 e. The van der Waals surface area contributed by atoms with E-state index < -0.39 is 11.7 Å². The Morgan fingerprint density at radius 1 is 1.42 bits per heavy atom. The summed E-state index contributed by atoms with van der Waals surface area (Å²) in [5.41, 5.74) is -0.440. The lowest BCUT2D eigenvalue weighted by molar-refractivity contribution is -0.132. The van der Waals surface area contributed by atoms with E-state index in [2.05, 4.69) is 15.5 Å². The topological polar surface area (TPSA) is 101 Å². The van der Waals surface area contributed by atoms with E-state index in [1.807, 2.05) is 6.92 Å². The molecule has 9 nitrogen and oxygen atoms in total. The summed E-state index contributed by atoms with van der Waals surface area (Å²) >= 11 is 0. The smallest absolute Gasteiger partial charge is 0.410 e. The van der Waals surface area contributed by atoms with Gasteiger partial charge in [-0.2, -0.15) is 4.98 Å². The summed E-state index contributed by atoms with van der Waals surface area (Å²) in [5.74, 6) is 0.772.